The highest BCUT2D eigenvalue weighted by molar-refractivity contribution is 4.95. The van der Waals surface area contributed by atoms with Gasteiger partial charge in [0.05, 0.1) is 18.8 Å². The van der Waals surface area contributed by atoms with Crippen LogP contribution in [0.2, 0.25) is 0 Å². The zero-order valence-electron chi connectivity index (χ0n) is 9.81. The van der Waals surface area contributed by atoms with E-state index in [9.17, 15) is 0 Å². The van der Waals surface area contributed by atoms with E-state index in [4.69, 9.17) is 18.9 Å². The van der Waals surface area contributed by atoms with E-state index in [-0.39, 0.29) is 18.3 Å². The maximum Gasteiger partial charge on any atom is 0.197 e. The Morgan fingerprint density at radius 1 is 1.12 bits per heavy atom. The van der Waals surface area contributed by atoms with Crippen LogP contribution in [0, 0.1) is 0 Å². The lowest BCUT2D eigenvalue weighted by Gasteiger charge is -2.51. The summed E-state index contributed by atoms with van der Waals surface area (Å²) >= 11 is 0. The summed E-state index contributed by atoms with van der Waals surface area (Å²) < 4.78 is 23.3. The van der Waals surface area contributed by atoms with E-state index in [0.29, 0.717) is 0 Å². The molecule has 16 heavy (non-hydrogen) atoms. The van der Waals surface area contributed by atoms with Crippen LogP contribution < -0.4 is 0 Å². The number of ether oxygens (including phenoxy) is 4. The molecule has 0 aromatic heterocycles. The lowest BCUT2D eigenvalue weighted by Crippen LogP contribution is -2.61. The molecule has 0 N–H and O–H groups in total. The smallest absolute Gasteiger partial charge is 0.197 e. The van der Waals surface area contributed by atoms with Gasteiger partial charge in [0.1, 0.15) is 6.10 Å². The van der Waals surface area contributed by atoms with Crippen LogP contribution in [0.15, 0.2) is 0 Å². The molecule has 3 saturated heterocycles. The summed E-state index contributed by atoms with van der Waals surface area (Å²) in [4.78, 5) is 0. The first kappa shape index (κ1) is 11.0. The number of hydrogen-bond donors (Lipinski definition) is 0. The molecule has 0 radical (unpaired) electrons. The SMILES string of the molecule is CO[C@]12C[C@@H]3OCCC[C@@H]3O[C@@H]1CCCO2. The zero-order chi connectivity index (χ0) is 11.0. The fourth-order valence-electron chi connectivity index (χ4n) is 3.11. The van der Waals surface area contributed by atoms with Crippen molar-refractivity contribution in [3.8, 4) is 0 Å². The highest BCUT2D eigenvalue weighted by Gasteiger charge is 2.52. The summed E-state index contributed by atoms with van der Waals surface area (Å²) in [6.45, 7) is 1.61. The van der Waals surface area contributed by atoms with Crippen LogP contribution in [0.25, 0.3) is 0 Å². The van der Waals surface area contributed by atoms with Crippen molar-refractivity contribution in [2.24, 2.45) is 0 Å². The van der Waals surface area contributed by atoms with Crippen molar-refractivity contribution >= 4 is 0 Å². The van der Waals surface area contributed by atoms with Gasteiger partial charge in [-0.25, -0.2) is 0 Å². The second-order valence-corrected chi connectivity index (χ2v) is 4.93. The van der Waals surface area contributed by atoms with E-state index in [0.717, 1.165) is 45.3 Å². The molecule has 0 aromatic carbocycles. The number of rotatable bonds is 1. The van der Waals surface area contributed by atoms with Crippen molar-refractivity contribution in [3.05, 3.63) is 0 Å². The Balaban J connectivity index is 1.79. The van der Waals surface area contributed by atoms with Crippen molar-refractivity contribution in [3.63, 3.8) is 0 Å². The summed E-state index contributed by atoms with van der Waals surface area (Å²) in [5.41, 5.74) is 0. The van der Waals surface area contributed by atoms with Gasteiger partial charge in [0.15, 0.2) is 5.79 Å². The van der Waals surface area contributed by atoms with E-state index in [2.05, 4.69) is 0 Å². The quantitative estimate of drug-likeness (QED) is 0.681. The third-order valence-corrected chi connectivity index (χ3v) is 4.00. The van der Waals surface area contributed by atoms with Crippen molar-refractivity contribution in [2.75, 3.05) is 20.3 Å². The van der Waals surface area contributed by atoms with E-state index in [1.54, 1.807) is 7.11 Å². The molecule has 3 aliphatic heterocycles. The molecule has 0 spiro atoms. The predicted molar refractivity (Wildman–Crippen MR) is 57.2 cm³/mol. The maximum absolute atomic E-state index is 6.11. The Labute approximate surface area is 96.2 Å². The summed E-state index contributed by atoms with van der Waals surface area (Å²) in [7, 11) is 1.71. The second-order valence-electron chi connectivity index (χ2n) is 4.93. The van der Waals surface area contributed by atoms with Gasteiger partial charge in [-0.05, 0) is 25.7 Å². The molecule has 3 heterocycles. The van der Waals surface area contributed by atoms with Crippen LogP contribution in [0.4, 0.5) is 0 Å². The predicted octanol–water partition coefficient (Wildman–Crippen LogP) is 1.48. The van der Waals surface area contributed by atoms with Crippen LogP contribution in [0.5, 0.6) is 0 Å². The minimum absolute atomic E-state index is 0.0919. The molecular weight excluding hydrogens is 208 g/mol. The Bertz CT molecular complexity index is 257. The molecule has 4 atom stereocenters. The van der Waals surface area contributed by atoms with E-state index >= 15 is 0 Å². The maximum atomic E-state index is 6.11. The number of fused-ring (bicyclic) bond motifs is 2. The second kappa shape index (κ2) is 4.26. The van der Waals surface area contributed by atoms with Crippen LogP contribution >= 0.6 is 0 Å². The Morgan fingerprint density at radius 3 is 2.88 bits per heavy atom. The van der Waals surface area contributed by atoms with Crippen LogP contribution in [0.1, 0.15) is 32.1 Å². The average Bonchev–Trinajstić information content (AvgIpc) is 2.36. The Kier molecular flexibility index (Phi) is 2.92. The van der Waals surface area contributed by atoms with Crippen molar-refractivity contribution < 1.29 is 18.9 Å². The summed E-state index contributed by atoms with van der Waals surface area (Å²) in [5.74, 6) is -0.545. The van der Waals surface area contributed by atoms with Gasteiger partial charge in [-0.3, -0.25) is 0 Å². The first-order valence-electron chi connectivity index (χ1n) is 6.30. The molecule has 0 bridgehead atoms. The van der Waals surface area contributed by atoms with Gasteiger partial charge in [0.25, 0.3) is 0 Å². The molecule has 0 aliphatic carbocycles. The fourth-order valence-corrected chi connectivity index (χ4v) is 3.11. The number of methoxy groups -OCH3 is 1. The van der Waals surface area contributed by atoms with Gasteiger partial charge in [-0.2, -0.15) is 0 Å². The van der Waals surface area contributed by atoms with E-state index in [1.165, 1.54) is 0 Å². The Hall–Kier alpha value is -0.160. The van der Waals surface area contributed by atoms with Gasteiger partial charge in [-0.1, -0.05) is 0 Å². The Morgan fingerprint density at radius 2 is 2.00 bits per heavy atom. The third-order valence-electron chi connectivity index (χ3n) is 4.00. The van der Waals surface area contributed by atoms with Crippen LogP contribution in [-0.4, -0.2) is 44.4 Å². The molecule has 0 unspecified atom stereocenters. The minimum Gasteiger partial charge on any atom is -0.375 e. The molecule has 4 heteroatoms. The van der Waals surface area contributed by atoms with Gasteiger partial charge in [0, 0.05) is 20.1 Å². The van der Waals surface area contributed by atoms with E-state index < -0.39 is 5.79 Å². The minimum atomic E-state index is -0.545. The van der Waals surface area contributed by atoms with Crippen molar-refractivity contribution in [2.45, 2.75) is 56.2 Å². The summed E-state index contributed by atoms with van der Waals surface area (Å²) in [6.07, 6.45) is 5.64. The van der Waals surface area contributed by atoms with Crippen LogP contribution in [-0.2, 0) is 18.9 Å². The molecular formula is C12H20O4. The lowest BCUT2D eigenvalue weighted by atomic mass is 9.87. The fraction of sp³-hybridized carbons (Fsp3) is 1.00. The monoisotopic (exact) mass is 228 g/mol. The first-order valence-corrected chi connectivity index (χ1v) is 6.30. The highest BCUT2D eigenvalue weighted by Crippen LogP contribution is 2.41. The largest absolute Gasteiger partial charge is 0.375 e. The average molecular weight is 228 g/mol. The molecule has 3 fully saturated rings. The van der Waals surface area contributed by atoms with Crippen molar-refractivity contribution in [1.82, 2.24) is 0 Å². The molecule has 0 amide bonds. The summed E-state index contributed by atoms with van der Waals surface area (Å²) in [5, 5.41) is 0. The van der Waals surface area contributed by atoms with E-state index in [1.807, 2.05) is 0 Å². The third kappa shape index (κ3) is 1.68. The van der Waals surface area contributed by atoms with Gasteiger partial charge < -0.3 is 18.9 Å². The van der Waals surface area contributed by atoms with Crippen LogP contribution in [0.3, 0.4) is 0 Å². The molecule has 3 aliphatic rings. The molecule has 4 nitrogen and oxygen atoms in total. The molecule has 92 valence electrons. The van der Waals surface area contributed by atoms with Gasteiger partial charge in [-0.15, -0.1) is 0 Å². The molecule has 3 rings (SSSR count). The normalized spacial score (nSPS) is 48.2. The first-order chi connectivity index (χ1) is 7.84. The summed E-state index contributed by atoms with van der Waals surface area (Å²) in [6, 6.07) is 0. The van der Waals surface area contributed by atoms with Gasteiger partial charge in [0.2, 0.25) is 0 Å². The van der Waals surface area contributed by atoms with Crippen molar-refractivity contribution in [1.29, 1.82) is 0 Å². The lowest BCUT2D eigenvalue weighted by molar-refractivity contribution is -0.354. The molecule has 0 saturated carbocycles. The standard InChI is InChI=1S/C12H20O4/c1-13-12-8-10-9(4-2-6-14-10)16-11(12)5-3-7-15-12/h9-11H,2-8H2,1H3/t9-,10-,11+,12-/m0/s1. The highest BCUT2D eigenvalue weighted by atomic mass is 16.7. The topological polar surface area (TPSA) is 36.9 Å². The number of hydrogen-bond acceptors (Lipinski definition) is 4. The van der Waals surface area contributed by atoms with Gasteiger partial charge >= 0.3 is 0 Å². The molecule has 0 aromatic rings. The zero-order valence-corrected chi connectivity index (χ0v) is 9.81.